The summed E-state index contributed by atoms with van der Waals surface area (Å²) < 4.78 is 18.9. The van der Waals surface area contributed by atoms with Crippen molar-refractivity contribution in [2.45, 2.75) is 30.9 Å². The van der Waals surface area contributed by atoms with E-state index in [4.69, 9.17) is 19.2 Å². The fraction of sp³-hybridized carbons (Fsp3) is 0.261. The van der Waals surface area contributed by atoms with Gasteiger partial charge in [0.25, 0.3) is 0 Å². The van der Waals surface area contributed by atoms with Gasteiger partial charge in [0.05, 0.1) is 5.69 Å². The van der Waals surface area contributed by atoms with Crippen LogP contribution in [0.5, 0.6) is 17.2 Å². The van der Waals surface area contributed by atoms with Crippen LogP contribution in [0.3, 0.4) is 0 Å². The molecule has 3 heterocycles. The van der Waals surface area contributed by atoms with E-state index >= 15 is 0 Å². The summed E-state index contributed by atoms with van der Waals surface area (Å²) in [6.07, 6.45) is -0.207. The standard InChI is InChI=1S/C23H22N4O3S2/c1-14-4-7-18(8-5-14)30-15(2)21-25-26-23(27(21)3)32-12-17-11-31-22(24-17)16-6-9-19-20(10-16)29-13-28-19/h4-11,15H,12-13H2,1-3H3. The van der Waals surface area contributed by atoms with Crippen LogP contribution in [0.4, 0.5) is 0 Å². The number of hydrogen-bond acceptors (Lipinski definition) is 8. The average Bonchev–Trinajstić information content (AvgIpc) is 3.53. The molecule has 7 nitrogen and oxygen atoms in total. The molecule has 0 saturated carbocycles. The number of thioether (sulfide) groups is 1. The Labute approximate surface area is 194 Å². The number of aryl methyl sites for hydroxylation is 1. The van der Waals surface area contributed by atoms with Crippen LogP contribution in [0.25, 0.3) is 10.6 Å². The molecule has 0 aliphatic carbocycles. The van der Waals surface area contributed by atoms with E-state index in [0.29, 0.717) is 5.75 Å². The molecule has 5 rings (SSSR count). The van der Waals surface area contributed by atoms with Crippen LogP contribution in [-0.4, -0.2) is 26.5 Å². The van der Waals surface area contributed by atoms with Gasteiger partial charge in [-0.3, -0.25) is 0 Å². The maximum Gasteiger partial charge on any atom is 0.231 e. The number of benzene rings is 2. The number of nitrogens with zero attached hydrogens (tertiary/aromatic N) is 4. The highest BCUT2D eigenvalue weighted by molar-refractivity contribution is 7.98. The summed E-state index contributed by atoms with van der Waals surface area (Å²) in [5, 5.41) is 12.6. The van der Waals surface area contributed by atoms with Gasteiger partial charge in [-0.25, -0.2) is 4.98 Å². The normalized spacial score (nSPS) is 13.3. The van der Waals surface area contributed by atoms with Crippen molar-refractivity contribution in [1.29, 1.82) is 0 Å². The molecule has 1 atom stereocenters. The highest BCUT2D eigenvalue weighted by Gasteiger charge is 2.18. The van der Waals surface area contributed by atoms with Crippen molar-refractivity contribution in [2.24, 2.45) is 7.05 Å². The number of rotatable bonds is 7. The quantitative estimate of drug-likeness (QED) is 0.337. The summed E-state index contributed by atoms with van der Waals surface area (Å²) in [6.45, 7) is 4.31. The first kappa shape index (κ1) is 20.8. The molecule has 0 radical (unpaired) electrons. The van der Waals surface area contributed by atoms with Crippen molar-refractivity contribution in [3.8, 4) is 27.8 Å². The van der Waals surface area contributed by atoms with E-state index in [0.717, 1.165) is 44.5 Å². The van der Waals surface area contributed by atoms with Crippen LogP contribution >= 0.6 is 23.1 Å². The lowest BCUT2D eigenvalue weighted by Gasteiger charge is -2.14. The molecule has 1 aliphatic rings. The predicted octanol–water partition coefficient (Wildman–Crippen LogP) is 5.41. The monoisotopic (exact) mass is 466 g/mol. The van der Waals surface area contributed by atoms with Gasteiger partial charge in [0.15, 0.2) is 28.6 Å². The second-order valence-corrected chi connectivity index (χ2v) is 9.27. The molecule has 2 aromatic heterocycles. The van der Waals surface area contributed by atoms with Crippen LogP contribution < -0.4 is 14.2 Å². The molecule has 0 fully saturated rings. The Morgan fingerprint density at radius 2 is 1.94 bits per heavy atom. The lowest BCUT2D eigenvalue weighted by atomic mass is 10.2. The summed E-state index contributed by atoms with van der Waals surface area (Å²) in [5.41, 5.74) is 3.23. The zero-order valence-electron chi connectivity index (χ0n) is 17.9. The highest BCUT2D eigenvalue weighted by Crippen LogP contribution is 2.37. The first-order valence-corrected chi connectivity index (χ1v) is 12.0. The van der Waals surface area contributed by atoms with Crippen molar-refractivity contribution < 1.29 is 14.2 Å². The van der Waals surface area contributed by atoms with Crippen molar-refractivity contribution in [1.82, 2.24) is 19.7 Å². The van der Waals surface area contributed by atoms with E-state index in [1.165, 1.54) is 5.56 Å². The van der Waals surface area contributed by atoms with E-state index in [1.54, 1.807) is 23.1 Å². The van der Waals surface area contributed by atoms with Gasteiger partial charge in [-0.05, 0) is 44.2 Å². The maximum atomic E-state index is 6.03. The molecule has 164 valence electrons. The van der Waals surface area contributed by atoms with Gasteiger partial charge >= 0.3 is 0 Å². The smallest absolute Gasteiger partial charge is 0.231 e. The van der Waals surface area contributed by atoms with Crippen molar-refractivity contribution >= 4 is 23.1 Å². The van der Waals surface area contributed by atoms with Crippen LogP contribution in [0.15, 0.2) is 53.0 Å². The second kappa shape index (κ2) is 8.84. The second-order valence-electron chi connectivity index (χ2n) is 7.47. The van der Waals surface area contributed by atoms with Gasteiger partial charge in [-0.15, -0.1) is 21.5 Å². The van der Waals surface area contributed by atoms with Gasteiger partial charge in [0.2, 0.25) is 6.79 Å². The lowest BCUT2D eigenvalue weighted by molar-refractivity contribution is 0.174. The third-order valence-electron chi connectivity index (χ3n) is 5.09. The first-order chi connectivity index (χ1) is 15.6. The minimum atomic E-state index is -0.207. The largest absolute Gasteiger partial charge is 0.483 e. The fourth-order valence-electron chi connectivity index (χ4n) is 3.35. The zero-order chi connectivity index (χ0) is 22.1. The Hall–Kier alpha value is -3.04. The van der Waals surface area contributed by atoms with Gasteiger partial charge in [0, 0.05) is 23.7 Å². The van der Waals surface area contributed by atoms with Crippen LogP contribution in [0.1, 0.15) is 30.1 Å². The predicted molar refractivity (Wildman–Crippen MR) is 124 cm³/mol. The van der Waals surface area contributed by atoms with Gasteiger partial charge in [-0.2, -0.15) is 0 Å². The Morgan fingerprint density at radius 1 is 1.12 bits per heavy atom. The highest BCUT2D eigenvalue weighted by atomic mass is 32.2. The average molecular weight is 467 g/mol. The molecule has 4 aromatic rings. The Balaban J connectivity index is 1.23. The van der Waals surface area contributed by atoms with Crippen LogP contribution in [0, 0.1) is 6.92 Å². The number of aromatic nitrogens is 4. The van der Waals surface area contributed by atoms with Crippen molar-refractivity contribution in [2.75, 3.05) is 6.79 Å². The zero-order valence-corrected chi connectivity index (χ0v) is 19.6. The van der Waals surface area contributed by atoms with Crippen molar-refractivity contribution in [3.63, 3.8) is 0 Å². The molecule has 32 heavy (non-hydrogen) atoms. The van der Waals surface area contributed by atoms with Crippen molar-refractivity contribution in [3.05, 3.63) is 64.9 Å². The van der Waals surface area contributed by atoms with Gasteiger partial charge in [0.1, 0.15) is 10.8 Å². The summed E-state index contributed by atoms with van der Waals surface area (Å²) in [7, 11) is 1.96. The van der Waals surface area contributed by atoms with E-state index in [9.17, 15) is 0 Å². The molecule has 0 spiro atoms. The summed E-state index contributed by atoms with van der Waals surface area (Å²) in [4.78, 5) is 4.77. The minimum Gasteiger partial charge on any atom is -0.483 e. The molecule has 1 aliphatic heterocycles. The van der Waals surface area contributed by atoms with Crippen LogP contribution in [-0.2, 0) is 12.8 Å². The van der Waals surface area contributed by atoms with E-state index in [-0.39, 0.29) is 12.9 Å². The molecule has 2 aromatic carbocycles. The fourth-order valence-corrected chi connectivity index (χ4v) is 5.09. The molecule has 0 bridgehead atoms. The van der Waals surface area contributed by atoms with E-state index in [1.807, 2.05) is 61.0 Å². The summed E-state index contributed by atoms with van der Waals surface area (Å²) in [6, 6.07) is 13.9. The molecular formula is C23H22N4O3S2. The van der Waals surface area contributed by atoms with E-state index in [2.05, 4.69) is 22.5 Å². The molecule has 1 unspecified atom stereocenters. The molecule has 0 saturated heterocycles. The maximum absolute atomic E-state index is 6.03. The molecular weight excluding hydrogens is 444 g/mol. The Bertz CT molecular complexity index is 1240. The van der Waals surface area contributed by atoms with Crippen LogP contribution in [0.2, 0.25) is 0 Å². The molecule has 9 heteroatoms. The molecule has 0 amide bonds. The van der Waals surface area contributed by atoms with Gasteiger partial charge in [-0.1, -0.05) is 29.5 Å². The summed E-state index contributed by atoms with van der Waals surface area (Å²) >= 11 is 3.22. The number of fused-ring (bicyclic) bond motifs is 1. The van der Waals surface area contributed by atoms with Gasteiger partial charge < -0.3 is 18.8 Å². The topological polar surface area (TPSA) is 71.3 Å². The third kappa shape index (κ3) is 4.31. The molecule has 0 N–H and O–H groups in total. The Morgan fingerprint density at radius 3 is 2.78 bits per heavy atom. The number of ether oxygens (including phenoxy) is 3. The first-order valence-electron chi connectivity index (χ1n) is 10.2. The number of thiazole rings is 1. The third-order valence-corrected chi connectivity index (χ3v) is 7.08. The SMILES string of the molecule is Cc1ccc(OC(C)c2nnc(SCc3csc(-c4ccc5c(c4)OCO5)n3)n2C)cc1. The summed E-state index contributed by atoms with van der Waals surface area (Å²) in [5.74, 6) is 3.86. The minimum absolute atomic E-state index is 0.207. The van der Waals surface area contributed by atoms with E-state index < -0.39 is 0 Å². The number of hydrogen-bond donors (Lipinski definition) is 0. The lowest BCUT2D eigenvalue weighted by Crippen LogP contribution is -2.10. The Kier molecular flexibility index (Phi) is 5.75.